The minimum atomic E-state index is -0.332. The maximum absolute atomic E-state index is 15.0. The fourth-order valence-corrected chi connectivity index (χ4v) is 7.33. The first-order chi connectivity index (χ1) is 20.7. The van der Waals surface area contributed by atoms with Gasteiger partial charge in [-0.1, -0.05) is 26.3 Å². The Bertz CT molecular complexity index is 1530. The normalized spacial score (nSPS) is 22.8. The van der Waals surface area contributed by atoms with Gasteiger partial charge in [-0.2, -0.15) is 9.97 Å². The summed E-state index contributed by atoms with van der Waals surface area (Å²) in [5.41, 5.74) is 8.24. The number of aromatic hydroxyl groups is 1. The number of carbonyl (C=O) groups is 1. The number of aromatic nitrogens is 2. The molecule has 3 aromatic rings. The summed E-state index contributed by atoms with van der Waals surface area (Å²) in [7, 11) is 2.16. The van der Waals surface area contributed by atoms with Crippen molar-refractivity contribution in [1.82, 2.24) is 14.9 Å². The number of fused-ring (bicyclic) bond motifs is 2. The highest BCUT2D eigenvalue weighted by atomic mass is 19.1. The Morgan fingerprint density at radius 3 is 2.72 bits per heavy atom. The zero-order chi connectivity index (χ0) is 30.3. The second-order valence-electron chi connectivity index (χ2n) is 12.5. The third-order valence-corrected chi connectivity index (χ3v) is 9.69. The summed E-state index contributed by atoms with van der Waals surface area (Å²) >= 11 is 0. The largest absolute Gasteiger partial charge is 0.508 e. The minimum absolute atomic E-state index is 0.0126. The van der Waals surface area contributed by atoms with E-state index in [1.807, 2.05) is 6.92 Å². The average Bonchev–Trinajstić information content (AvgIpc) is 3.42. The lowest BCUT2D eigenvalue weighted by atomic mass is 9.92. The Hall–Kier alpha value is -3.50. The molecule has 0 aliphatic carbocycles. The smallest absolute Gasteiger partial charge is 0.318 e. The molecule has 2 atom stereocenters. The van der Waals surface area contributed by atoms with Crippen LogP contribution in [-0.4, -0.2) is 70.8 Å². The van der Waals surface area contributed by atoms with Gasteiger partial charge in [-0.15, -0.1) is 0 Å². The predicted molar refractivity (Wildman–Crippen MR) is 167 cm³/mol. The molecule has 43 heavy (non-hydrogen) atoms. The molecule has 0 radical (unpaired) electrons. The number of phenols is 1. The summed E-state index contributed by atoms with van der Waals surface area (Å²) in [5.74, 6) is -0.0155. The molecule has 0 bridgehead atoms. The van der Waals surface area contributed by atoms with Crippen molar-refractivity contribution in [2.24, 2.45) is 5.73 Å². The molecular weight excluding hydrogens is 547 g/mol. The zero-order valence-corrected chi connectivity index (χ0v) is 25.5. The number of halogens is 1. The molecule has 3 N–H and O–H groups in total. The number of rotatable bonds is 8. The van der Waals surface area contributed by atoms with Crippen LogP contribution in [-0.2, 0) is 13.0 Å². The molecule has 0 saturated carbocycles. The van der Waals surface area contributed by atoms with Gasteiger partial charge in [0, 0.05) is 30.6 Å². The maximum atomic E-state index is 15.0. The quantitative estimate of drug-likeness (QED) is 0.371. The van der Waals surface area contributed by atoms with Gasteiger partial charge in [0.05, 0.1) is 23.5 Å². The monoisotopic (exact) mass is 590 g/mol. The van der Waals surface area contributed by atoms with Crippen LogP contribution >= 0.6 is 0 Å². The molecule has 2 fully saturated rings. The molecular formula is C33H43FN6O3. The van der Waals surface area contributed by atoms with E-state index in [4.69, 9.17) is 20.4 Å². The number of hydrogen-bond acceptors (Lipinski definition) is 8. The van der Waals surface area contributed by atoms with Gasteiger partial charge in [-0.05, 0) is 81.6 Å². The van der Waals surface area contributed by atoms with E-state index in [0.29, 0.717) is 58.7 Å². The van der Waals surface area contributed by atoms with Crippen LogP contribution in [0.2, 0.25) is 0 Å². The van der Waals surface area contributed by atoms with Gasteiger partial charge in [0.25, 0.3) is 5.91 Å². The van der Waals surface area contributed by atoms with Crippen LogP contribution in [0.4, 0.5) is 15.9 Å². The Kier molecular flexibility index (Phi) is 8.17. The van der Waals surface area contributed by atoms with Crippen LogP contribution in [0, 0.1) is 5.82 Å². The summed E-state index contributed by atoms with van der Waals surface area (Å²) in [6, 6.07) is 6.59. The van der Waals surface area contributed by atoms with Crippen molar-refractivity contribution < 1.29 is 19.0 Å². The molecule has 3 aliphatic rings. The van der Waals surface area contributed by atoms with E-state index in [0.717, 1.165) is 58.0 Å². The van der Waals surface area contributed by atoms with E-state index in [9.17, 15) is 14.3 Å². The standard InChI is InChI=1S/C33H43FN6O3/c1-4-12-33(13-7-14-38(33)3)20-43-32-36-26-19-40(27-18-23(41)17-21-9-10-25(34)24(5-2)28(21)27)31(42)29(26)30(37-32)39-15-6-8-22(35)11-16-39/h9-10,17-18,22,41H,4-8,11-16,19-20,35H2,1-3H3. The summed E-state index contributed by atoms with van der Waals surface area (Å²) in [6.07, 6.45) is 7.33. The molecule has 4 heterocycles. The summed E-state index contributed by atoms with van der Waals surface area (Å²) in [5, 5.41) is 11.9. The average molecular weight is 591 g/mol. The third kappa shape index (κ3) is 5.40. The molecule has 2 aromatic carbocycles. The van der Waals surface area contributed by atoms with Gasteiger partial charge in [0.1, 0.15) is 29.6 Å². The van der Waals surface area contributed by atoms with Crippen LogP contribution in [0.3, 0.4) is 0 Å². The highest BCUT2D eigenvalue weighted by Crippen LogP contribution is 2.41. The maximum Gasteiger partial charge on any atom is 0.318 e. The Balaban J connectivity index is 1.42. The SMILES string of the molecule is CCCC1(COc2nc3c(c(N4CCCC(N)CC4)n2)C(=O)N(c2cc(O)cc4ccc(F)c(CC)c24)C3)CCCN1C. The number of carbonyl (C=O) groups excluding carboxylic acids is 1. The molecule has 2 saturated heterocycles. The van der Waals surface area contributed by atoms with Crippen LogP contribution in [0.25, 0.3) is 10.8 Å². The number of likely N-dealkylation sites (tertiary alicyclic amines) is 1. The van der Waals surface area contributed by atoms with Crippen molar-refractivity contribution >= 4 is 28.2 Å². The highest BCUT2D eigenvalue weighted by Gasteiger charge is 2.40. The molecule has 1 amide bonds. The van der Waals surface area contributed by atoms with Crippen LogP contribution in [0.1, 0.15) is 80.4 Å². The predicted octanol–water partition coefficient (Wildman–Crippen LogP) is 5.16. The van der Waals surface area contributed by atoms with E-state index in [1.54, 1.807) is 23.1 Å². The number of hydrogen-bond donors (Lipinski definition) is 2. The number of aryl methyl sites for hydroxylation is 1. The lowest BCUT2D eigenvalue weighted by Gasteiger charge is -2.35. The lowest BCUT2D eigenvalue weighted by Crippen LogP contribution is -2.46. The number of nitrogens with two attached hydrogens (primary N) is 1. The number of anilines is 2. The van der Waals surface area contributed by atoms with Crippen molar-refractivity contribution in [3.8, 4) is 11.8 Å². The van der Waals surface area contributed by atoms with Gasteiger partial charge in [-0.3, -0.25) is 9.69 Å². The first-order valence-electron chi connectivity index (χ1n) is 15.8. The summed E-state index contributed by atoms with van der Waals surface area (Å²) < 4.78 is 21.4. The number of likely N-dealkylation sites (N-methyl/N-ethyl adjacent to an activating group) is 1. The molecule has 0 spiro atoms. The second-order valence-corrected chi connectivity index (χ2v) is 12.5. The van der Waals surface area contributed by atoms with Crippen LogP contribution in [0.15, 0.2) is 24.3 Å². The molecule has 2 unspecified atom stereocenters. The first-order valence-corrected chi connectivity index (χ1v) is 15.8. The van der Waals surface area contributed by atoms with Gasteiger partial charge < -0.3 is 25.4 Å². The lowest BCUT2D eigenvalue weighted by molar-refractivity contribution is 0.0824. The second kappa shape index (κ2) is 11.9. The topological polar surface area (TPSA) is 108 Å². The number of ether oxygens (including phenoxy) is 1. The Morgan fingerprint density at radius 1 is 1.14 bits per heavy atom. The number of phenolic OH excluding ortho intramolecular Hbond substituents is 1. The number of benzene rings is 2. The van der Waals surface area contributed by atoms with Crippen molar-refractivity contribution in [3.05, 3.63) is 46.9 Å². The summed E-state index contributed by atoms with van der Waals surface area (Å²) in [6.45, 7) is 7.19. The summed E-state index contributed by atoms with van der Waals surface area (Å²) in [4.78, 5) is 30.1. The van der Waals surface area contributed by atoms with Crippen molar-refractivity contribution in [2.75, 3.05) is 43.1 Å². The Labute approximate surface area is 252 Å². The molecule has 6 rings (SSSR count). The third-order valence-electron chi connectivity index (χ3n) is 9.69. The minimum Gasteiger partial charge on any atom is -0.508 e. The molecule has 1 aromatic heterocycles. The van der Waals surface area contributed by atoms with E-state index < -0.39 is 0 Å². The van der Waals surface area contributed by atoms with Gasteiger partial charge >= 0.3 is 6.01 Å². The van der Waals surface area contributed by atoms with Gasteiger partial charge in [0.15, 0.2) is 0 Å². The highest BCUT2D eigenvalue weighted by molar-refractivity contribution is 6.16. The van der Waals surface area contributed by atoms with Crippen molar-refractivity contribution in [2.45, 2.75) is 83.3 Å². The van der Waals surface area contributed by atoms with Crippen molar-refractivity contribution in [3.63, 3.8) is 0 Å². The first kappa shape index (κ1) is 29.6. The van der Waals surface area contributed by atoms with E-state index in [2.05, 4.69) is 23.8 Å². The number of amides is 1. The molecule has 9 nitrogen and oxygen atoms in total. The molecule has 10 heteroatoms. The fourth-order valence-electron chi connectivity index (χ4n) is 7.33. The van der Waals surface area contributed by atoms with Crippen molar-refractivity contribution in [1.29, 1.82) is 0 Å². The number of nitrogens with zero attached hydrogens (tertiary/aromatic N) is 5. The molecule has 230 valence electrons. The zero-order valence-electron chi connectivity index (χ0n) is 25.5. The molecule has 3 aliphatic heterocycles. The van der Waals surface area contributed by atoms with E-state index in [1.165, 1.54) is 6.07 Å². The van der Waals surface area contributed by atoms with Crippen LogP contribution < -0.4 is 20.3 Å². The van der Waals surface area contributed by atoms with Crippen LogP contribution in [0.5, 0.6) is 11.8 Å². The van der Waals surface area contributed by atoms with Gasteiger partial charge in [0.2, 0.25) is 0 Å². The van der Waals surface area contributed by atoms with E-state index >= 15 is 0 Å². The van der Waals surface area contributed by atoms with Gasteiger partial charge in [-0.25, -0.2) is 4.39 Å². The van der Waals surface area contributed by atoms with E-state index in [-0.39, 0.29) is 41.6 Å². The fraction of sp³-hybridized carbons (Fsp3) is 0.545. The Morgan fingerprint density at radius 2 is 1.98 bits per heavy atom.